The van der Waals surface area contributed by atoms with Gasteiger partial charge in [-0.15, -0.1) is 0 Å². The molecule has 0 aromatic rings. The van der Waals surface area contributed by atoms with E-state index in [4.69, 9.17) is 4.74 Å². The van der Waals surface area contributed by atoms with Gasteiger partial charge in [0.25, 0.3) is 0 Å². The number of rotatable bonds is 7. The summed E-state index contributed by atoms with van der Waals surface area (Å²) in [5.41, 5.74) is 2.10. The molecule has 7 heteroatoms. The lowest BCUT2D eigenvalue weighted by molar-refractivity contribution is -0.156. The highest BCUT2D eigenvalue weighted by molar-refractivity contribution is 5.78. The summed E-state index contributed by atoms with van der Waals surface area (Å²) in [5.74, 6) is 0.523. The number of halogens is 3. The van der Waals surface area contributed by atoms with Crippen LogP contribution in [-0.2, 0) is 4.74 Å². The van der Waals surface area contributed by atoms with Gasteiger partial charge in [-0.3, -0.25) is 0 Å². The Morgan fingerprint density at radius 1 is 1.15 bits per heavy atom. The fourth-order valence-electron chi connectivity index (χ4n) is 3.76. The van der Waals surface area contributed by atoms with E-state index in [1.165, 1.54) is 5.57 Å². The normalized spacial score (nSPS) is 21.7. The van der Waals surface area contributed by atoms with E-state index in [9.17, 15) is 18.3 Å². The molecule has 0 saturated heterocycles. The van der Waals surface area contributed by atoms with E-state index in [0.29, 0.717) is 25.3 Å². The first-order valence-electron chi connectivity index (χ1n) is 9.70. The fourth-order valence-corrected chi connectivity index (χ4v) is 3.76. The van der Waals surface area contributed by atoms with Gasteiger partial charge in [-0.1, -0.05) is 26.7 Å². The maximum Gasteiger partial charge on any atom is 0.422 e. The van der Waals surface area contributed by atoms with E-state index in [0.717, 1.165) is 50.9 Å². The number of hydrogen-bond donors (Lipinski definition) is 1. The maximum atomic E-state index is 12.3. The topological polar surface area (TPSA) is 45.1 Å². The standard InChI is InChI=1S/C19H31F3N2O2/c1-3-5-14(4-2)17(25)12-24-10-8-15-6-7-18(23-16(15)9-11-24)26-13-19(20,21)22/h14,17,25H,3-13H2,1-2H3. The predicted octanol–water partition coefficient (Wildman–Crippen LogP) is 4.29. The molecule has 150 valence electrons. The van der Waals surface area contributed by atoms with Crippen molar-refractivity contribution in [3.63, 3.8) is 0 Å². The zero-order valence-electron chi connectivity index (χ0n) is 15.8. The van der Waals surface area contributed by atoms with Crippen LogP contribution in [0.4, 0.5) is 13.2 Å². The number of β-amino-alcohol motifs (C(OH)–C–C–N with tert-alkyl or cyclic N) is 1. The second-order valence-corrected chi connectivity index (χ2v) is 7.28. The molecule has 2 rings (SSSR count). The van der Waals surface area contributed by atoms with Crippen molar-refractivity contribution in [1.82, 2.24) is 4.90 Å². The Balaban J connectivity index is 1.89. The number of aliphatic hydroxyl groups is 1. The van der Waals surface area contributed by atoms with Crippen LogP contribution in [0.15, 0.2) is 16.3 Å². The van der Waals surface area contributed by atoms with Gasteiger partial charge in [0.05, 0.1) is 6.10 Å². The minimum absolute atomic E-state index is 0.198. The van der Waals surface area contributed by atoms with E-state index in [1.54, 1.807) is 0 Å². The predicted molar refractivity (Wildman–Crippen MR) is 96.1 cm³/mol. The van der Waals surface area contributed by atoms with Gasteiger partial charge in [-0.25, -0.2) is 4.99 Å². The molecule has 1 N–H and O–H groups in total. The Bertz CT molecular complexity index is 517. The Morgan fingerprint density at radius 2 is 1.88 bits per heavy atom. The largest absolute Gasteiger partial charge is 0.471 e. The lowest BCUT2D eigenvalue weighted by atomic mass is 9.94. The minimum Gasteiger partial charge on any atom is -0.471 e. The molecule has 2 atom stereocenters. The van der Waals surface area contributed by atoms with Crippen LogP contribution in [0.25, 0.3) is 0 Å². The first-order chi connectivity index (χ1) is 12.3. The van der Waals surface area contributed by atoms with Crippen LogP contribution in [0.1, 0.15) is 58.8 Å². The number of aliphatic hydroxyl groups excluding tert-OH is 1. The Labute approximate surface area is 154 Å². The van der Waals surface area contributed by atoms with Crippen molar-refractivity contribution < 1.29 is 23.0 Å². The van der Waals surface area contributed by atoms with E-state index in [1.807, 2.05) is 0 Å². The minimum atomic E-state index is -4.33. The molecule has 2 unspecified atom stereocenters. The lowest BCUT2D eigenvalue weighted by Gasteiger charge is -2.28. The van der Waals surface area contributed by atoms with E-state index in [2.05, 4.69) is 23.7 Å². The van der Waals surface area contributed by atoms with Gasteiger partial charge >= 0.3 is 6.18 Å². The molecule has 0 aromatic carbocycles. The molecule has 2 aliphatic heterocycles. The molecule has 26 heavy (non-hydrogen) atoms. The van der Waals surface area contributed by atoms with Crippen LogP contribution >= 0.6 is 0 Å². The van der Waals surface area contributed by atoms with Crippen LogP contribution < -0.4 is 0 Å². The molecule has 0 aromatic heterocycles. The van der Waals surface area contributed by atoms with Gasteiger partial charge < -0.3 is 14.7 Å². The Morgan fingerprint density at radius 3 is 2.54 bits per heavy atom. The first-order valence-corrected chi connectivity index (χ1v) is 9.70. The summed E-state index contributed by atoms with van der Waals surface area (Å²) >= 11 is 0. The van der Waals surface area contributed by atoms with Gasteiger partial charge in [0.1, 0.15) is 0 Å². The van der Waals surface area contributed by atoms with Gasteiger partial charge in [-0.05, 0) is 30.8 Å². The third-order valence-corrected chi connectivity index (χ3v) is 5.28. The fraction of sp³-hybridized carbons (Fsp3) is 0.842. The molecular weight excluding hydrogens is 345 g/mol. The summed E-state index contributed by atoms with van der Waals surface area (Å²) in [6, 6.07) is 0. The molecular formula is C19H31F3N2O2. The molecule has 0 spiro atoms. The van der Waals surface area contributed by atoms with Crippen LogP contribution in [0, 0.1) is 5.92 Å². The summed E-state index contributed by atoms with van der Waals surface area (Å²) in [6.07, 6.45) is 1.13. The quantitative estimate of drug-likeness (QED) is 0.721. The smallest absolute Gasteiger partial charge is 0.422 e. The van der Waals surface area contributed by atoms with Crippen molar-refractivity contribution in [2.45, 2.75) is 71.1 Å². The van der Waals surface area contributed by atoms with Crippen LogP contribution in [0.5, 0.6) is 0 Å². The summed E-state index contributed by atoms with van der Waals surface area (Å²) < 4.78 is 41.8. The summed E-state index contributed by atoms with van der Waals surface area (Å²) in [5, 5.41) is 10.5. The van der Waals surface area contributed by atoms with Gasteiger partial charge in [0.2, 0.25) is 0 Å². The van der Waals surface area contributed by atoms with E-state index in [-0.39, 0.29) is 12.0 Å². The van der Waals surface area contributed by atoms with Gasteiger partial charge in [-0.2, -0.15) is 13.2 Å². The van der Waals surface area contributed by atoms with Crippen LogP contribution in [0.2, 0.25) is 0 Å². The molecule has 0 amide bonds. The zero-order chi connectivity index (χ0) is 19.2. The molecule has 0 fully saturated rings. The van der Waals surface area contributed by atoms with Crippen LogP contribution in [0.3, 0.4) is 0 Å². The number of hydrogen-bond acceptors (Lipinski definition) is 4. The number of alkyl halides is 3. The van der Waals surface area contributed by atoms with Crippen molar-refractivity contribution in [3.05, 3.63) is 11.3 Å². The molecule has 2 aliphatic rings. The summed E-state index contributed by atoms with van der Waals surface area (Å²) in [4.78, 5) is 6.60. The summed E-state index contributed by atoms with van der Waals surface area (Å²) in [6.45, 7) is 5.27. The third kappa shape index (κ3) is 6.58. The molecule has 0 radical (unpaired) electrons. The maximum absolute atomic E-state index is 12.3. The van der Waals surface area contributed by atoms with Crippen molar-refractivity contribution in [2.24, 2.45) is 10.9 Å². The Hall–Kier alpha value is -1.08. The van der Waals surface area contributed by atoms with E-state index < -0.39 is 12.8 Å². The molecule has 2 heterocycles. The first kappa shape index (κ1) is 21.2. The number of aliphatic imine (C=N–C) groups is 1. The van der Waals surface area contributed by atoms with Crippen molar-refractivity contribution in [2.75, 3.05) is 26.2 Å². The average Bonchev–Trinajstić information content (AvgIpc) is 2.79. The van der Waals surface area contributed by atoms with Crippen molar-refractivity contribution in [1.29, 1.82) is 0 Å². The Kier molecular flexibility index (Phi) is 7.95. The molecule has 0 aliphatic carbocycles. The highest BCUT2D eigenvalue weighted by Crippen LogP contribution is 2.29. The second kappa shape index (κ2) is 9.74. The average molecular weight is 376 g/mol. The SMILES string of the molecule is CCCC(CC)C(O)CN1CCC2=C(CC1)N=C(OCC(F)(F)F)CC2. The third-order valence-electron chi connectivity index (χ3n) is 5.28. The summed E-state index contributed by atoms with van der Waals surface area (Å²) in [7, 11) is 0. The molecule has 0 saturated carbocycles. The molecule has 4 nitrogen and oxygen atoms in total. The second-order valence-electron chi connectivity index (χ2n) is 7.28. The van der Waals surface area contributed by atoms with Crippen molar-refractivity contribution in [3.8, 4) is 0 Å². The van der Waals surface area contributed by atoms with Gasteiger partial charge in [0.15, 0.2) is 12.5 Å². The zero-order valence-corrected chi connectivity index (χ0v) is 15.8. The van der Waals surface area contributed by atoms with Crippen LogP contribution in [-0.4, -0.2) is 54.4 Å². The number of ether oxygens (including phenoxy) is 1. The van der Waals surface area contributed by atoms with E-state index >= 15 is 0 Å². The highest BCUT2D eigenvalue weighted by atomic mass is 19.4. The highest BCUT2D eigenvalue weighted by Gasteiger charge is 2.30. The monoisotopic (exact) mass is 376 g/mol. The molecule has 0 bridgehead atoms. The van der Waals surface area contributed by atoms with Crippen molar-refractivity contribution >= 4 is 5.90 Å². The number of nitrogens with zero attached hydrogens (tertiary/aromatic N) is 2. The lowest BCUT2D eigenvalue weighted by Crippen LogP contribution is -2.37. The van der Waals surface area contributed by atoms with Gasteiger partial charge in [0, 0.05) is 38.2 Å².